The Labute approximate surface area is 145 Å². The lowest BCUT2D eigenvalue weighted by Crippen LogP contribution is -2.40. The van der Waals surface area contributed by atoms with Crippen LogP contribution in [0, 0.1) is 6.92 Å². The highest BCUT2D eigenvalue weighted by Gasteiger charge is 2.28. The quantitative estimate of drug-likeness (QED) is 0.885. The lowest BCUT2D eigenvalue weighted by molar-refractivity contribution is 0.0730. The minimum absolute atomic E-state index is 0.0693. The zero-order valence-electron chi connectivity index (χ0n) is 13.1. The molecule has 1 aliphatic heterocycles. The number of nitrogen functional groups attached to an aromatic ring is 1. The fraction of sp³-hybridized carbons (Fsp3) is 0.333. The van der Waals surface area contributed by atoms with Crippen LogP contribution in [-0.2, 0) is 14.8 Å². The number of ether oxygens (including phenoxy) is 1. The first-order valence-electron chi connectivity index (χ1n) is 7.36. The van der Waals surface area contributed by atoms with Crippen LogP contribution < -0.4 is 5.73 Å². The molecule has 9 heteroatoms. The zero-order valence-corrected chi connectivity index (χ0v) is 14.6. The summed E-state index contributed by atoms with van der Waals surface area (Å²) in [6, 6.07) is 4.86. The highest BCUT2D eigenvalue weighted by atomic mass is 35.5. The molecule has 2 heterocycles. The lowest BCUT2D eigenvalue weighted by Gasteiger charge is -2.26. The Kier molecular flexibility index (Phi) is 4.73. The Balaban J connectivity index is 2.06. The Morgan fingerprint density at radius 3 is 2.67 bits per heavy atom. The predicted octanol–water partition coefficient (Wildman–Crippen LogP) is 1.71. The van der Waals surface area contributed by atoms with Crippen molar-refractivity contribution in [1.29, 1.82) is 0 Å². The van der Waals surface area contributed by atoms with Gasteiger partial charge in [0.1, 0.15) is 4.90 Å². The summed E-state index contributed by atoms with van der Waals surface area (Å²) in [5.74, 6) is 0.173. The number of benzene rings is 1. The SMILES string of the molecule is Cc1nc(N)ncc1-c1ccc(Cl)c(S(=O)(=O)N2CCOCC2)c1. The number of anilines is 1. The van der Waals surface area contributed by atoms with Gasteiger partial charge in [-0.05, 0) is 24.6 Å². The molecule has 1 aliphatic rings. The molecule has 0 radical (unpaired) electrons. The van der Waals surface area contributed by atoms with E-state index in [1.807, 2.05) is 0 Å². The molecule has 0 spiro atoms. The van der Waals surface area contributed by atoms with E-state index in [1.54, 1.807) is 31.3 Å². The van der Waals surface area contributed by atoms with Crippen molar-refractivity contribution in [2.45, 2.75) is 11.8 Å². The van der Waals surface area contributed by atoms with Crippen molar-refractivity contribution < 1.29 is 13.2 Å². The molecule has 0 amide bonds. The van der Waals surface area contributed by atoms with Gasteiger partial charge in [-0.3, -0.25) is 0 Å². The van der Waals surface area contributed by atoms with Crippen LogP contribution in [0.2, 0.25) is 5.02 Å². The average Bonchev–Trinajstić information content (AvgIpc) is 2.56. The summed E-state index contributed by atoms with van der Waals surface area (Å²) in [5.41, 5.74) is 7.61. The third-order valence-corrected chi connectivity index (χ3v) is 6.21. The van der Waals surface area contributed by atoms with E-state index in [1.165, 1.54) is 4.31 Å². The number of hydrogen-bond acceptors (Lipinski definition) is 6. The maximum Gasteiger partial charge on any atom is 0.244 e. The Morgan fingerprint density at radius 1 is 1.29 bits per heavy atom. The number of aryl methyl sites for hydroxylation is 1. The fourth-order valence-electron chi connectivity index (χ4n) is 2.56. The monoisotopic (exact) mass is 368 g/mol. The number of sulfonamides is 1. The molecule has 0 saturated carbocycles. The Bertz CT molecular complexity index is 867. The number of morpholine rings is 1. The van der Waals surface area contributed by atoms with E-state index in [4.69, 9.17) is 22.1 Å². The van der Waals surface area contributed by atoms with Gasteiger partial charge >= 0.3 is 0 Å². The molecule has 1 saturated heterocycles. The number of halogens is 1. The minimum atomic E-state index is -3.69. The van der Waals surface area contributed by atoms with E-state index in [0.717, 1.165) is 0 Å². The molecule has 7 nitrogen and oxygen atoms in total. The van der Waals surface area contributed by atoms with E-state index in [2.05, 4.69) is 9.97 Å². The molecule has 128 valence electrons. The molecule has 0 aliphatic carbocycles. The standard InChI is InChI=1S/C15H17ClN4O3S/c1-10-12(9-18-15(17)19-10)11-2-3-13(16)14(8-11)24(21,22)20-4-6-23-7-5-20/h2-3,8-9H,4-7H2,1H3,(H2,17,18,19). The number of nitrogens with two attached hydrogens (primary N) is 1. The molecule has 0 bridgehead atoms. The molecular formula is C15H17ClN4O3S. The second kappa shape index (κ2) is 6.64. The Hall–Kier alpha value is -1.74. The van der Waals surface area contributed by atoms with Gasteiger partial charge in [0.05, 0.1) is 23.9 Å². The van der Waals surface area contributed by atoms with Crippen molar-refractivity contribution in [2.75, 3.05) is 32.0 Å². The van der Waals surface area contributed by atoms with Crippen LogP contribution in [0.25, 0.3) is 11.1 Å². The topological polar surface area (TPSA) is 98.4 Å². The summed E-state index contributed by atoms with van der Waals surface area (Å²) < 4.78 is 32.3. The maximum atomic E-state index is 12.9. The fourth-order valence-corrected chi connectivity index (χ4v) is 4.47. The average molecular weight is 369 g/mol. The second-order valence-corrected chi connectivity index (χ2v) is 7.70. The zero-order chi connectivity index (χ0) is 17.3. The van der Waals surface area contributed by atoms with Gasteiger partial charge < -0.3 is 10.5 Å². The van der Waals surface area contributed by atoms with E-state index in [-0.39, 0.29) is 15.9 Å². The van der Waals surface area contributed by atoms with Crippen molar-refractivity contribution in [1.82, 2.24) is 14.3 Å². The molecule has 2 N–H and O–H groups in total. The highest BCUT2D eigenvalue weighted by Crippen LogP contribution is 2.31. The van der Waals surface area contributed by atoms with E-state index in [9.17, 15) is 8.42 Å². The summed E-state index contributed by atoms with van der Waals surface area (Å²) in [6.45, 7) is 3.17. The third-order valence-electron chi connectivity index (χ3n) is 3.83. The highest BCUT2D eigenvalue weighted by molar-refractivity contribution is 7.89. The molecule has 1 aromatic heterocycles. The summed E-state index contributed by atoms with van der Waals surface area (Å²) in [6.07, 6.45) is 1.58. The van der Waals surface area contributed by atoms with Crippen LogP contribution in [0.5, 0.6) is 0 Å². The van der Waals surface area contributed by atoms with Gasteiger partial charge in [0.25, 0.3) is 0 Å². The minimum Gasteiger partial charge on any atom is -0.379 e. The van der Waals surface area contributed by atoms with E-state index < -0.39 is 10.0 Å². The van der Waals surface area contributed by atoms with Gasteiger partial charge in [-0.15, -0.1) is 0 Å². The van der Waals surface area contributed by atoms with Crippen LogP contribution in [-0.4, -0.2) is 49.0 Å². The van der Waals surface area contributed by atoms with E-state index in [0.29, 0.717) is 43.1 Å². The van der Waals surface area contributed by atoms with Crippen molar-refractivity contribution in [3.05, 3.63) is 35.1 Å². The second-order valence-electron chi connectivity index (χ2n) is 5.39. The smallest absolute Gasteiger partial charge is 0.244 e. The number of rotatable bonds is 3. The summed E-state index contributed by atoms with van der Waals surface area (Å²) in [7, 11) is -3.69. The molecular weight excluding hydrogens is 352 g/mol. The first-order valence-corrected chi connectivity index (χ1v) is 9.18. The Morgan fingerprint density at radius 2 is 2.00 bits per heavy atom. The third kappa shape index (κ3) is 3.23. The first-order chi connectivity index (χ1) is 11.4. The van der Waals surface area contributed by atoms with Crippen molar-refractivity contribution in [3.63, 3.8) is 0 Å². The molecule has 1 aromatic carbocycles. The van der Waals surface area contributed by atoms with Gasteiger partial charge in [0.15, 0.2) is 0 Å². The number of aromatic nitrogens is 2. The molecule has 0 unspecified atom stereocenters. The van der Waals surface area contributed by atoms with Gasteiger partial charge in [-0.2, -0.15) is 4.31 Å². The maximum absolute atomic E-state index is 12.9. The van der Waals surface area contributed by atoms with Crippen molar-refractivity contribution in [2.24, 2.45) is 0 Å². The predicted molar refractivity (Wildman–Crippen MR) is 91.2 cm³/mol. The summed E-state index contributed by atoms with van der Waals surface area (Å²) >= 11 is 6.16. The summed E-state index contributed by atoms with van der Waals surface area (Å²) in [4.78, 5) is 8.16. The number of nitrogens with zero attached hydrogens (tertiary/aromatic N) is 3. The van der Waals surface area contributed by atoms with Gasteiger partial charge in [0, 0.05) is 24.8 Å². The van der Waals surface area contributed by atoms with Crippen LogP contribution in [0.3, 0.4) is 0 Å². The molecule has 3 rings (SSSR count). The van der Waals surface area contributed by atoms with E-state index >= 15 is 0 Å². The van der Waals surface area contributed by atoms with Crippen LogP contribution >= 0.6 is 11.6 Å². The largest absolute Gasteiger partial charge is 0.379 e. The summed E-state index contributed by atoms with van der Waals surface area (Å²) in [5, 5.41) is 0.180. The normalized spacial score (nSPS) is 16.2. The van der Waals surface area contributed by atoms with Gasteiger partial charge in [-0.1, -0.05) is 17.7 Å². The van der Waals surface area contributed by atoms with Crippen molar-refractivity contribution in [3.8, 4) is 11.1 Å². The van der Waals surface area contributed by atoms with Gasteiger partial charge in [0.2, 0.25) is 16.0 Å². The first kappa shape index (κ1) is 17.1. The van der Waals surface area contributed by atoms with Crippen molar-refractivity contribution >= 4 is 27.6 Å². The molecule has 24 heavy (non-hydrogen) atoms. The molecule has 2 aromatic rings. The number of hydrogen-bond donors (Lipinski definition) is 1. The lowest BCUT2D eigenvalue weighted by atomic mass is 10.1. The molecule has 1 fully saturated rings. The molecule has 0 atom stereocenters. The van der Waals surface area contributed by atoms with Gasteiger partial charge in [-0.25, -0.2) is 18.4 Å². The van der Waals surface area contributed by atoms with Crippen LogP contribution in [0.4, 0.5) is 5.95 Å². The van der Waals surface area contributed by atoms with Crippen LogP contribution in [0.1, 0.15) is 5.69 Å². The van der Waals surface area contributed by atoms with Crippen LogP contribution in [0.15, 0.2) is 29.3 Å².